The van der Waals surface area contributed by atoms with Crippen molar-refractivity contribution in [2.75, 3.05) is 14.2 Å². The minimum atomic E-state index is -0.504. The molecular formula is C16H22N2O3. The number of carbonyl (C=O) groups is 1. The highest BCUT2D eigenvalue weighted by Gasteiger charge is 2.21. The number of ether oxygens (including phenoxy) is 2. The molecule has 0 spiro atoms. The summed E-state index contributed by atoms with van der Waals surface area (Å²) in [6, 6.07) is 5.85. The van der Waals surface area contributed by atoms with Crippen molar-refractivity contribution < 1.29 is 14.3 Å². The van der Waals surface area contributed by atoms with Gasteiger partial charge >= 0.3 is 6.09 Å². The molecule has 1 aromatic carbocycles. The standard InChI is InChI=1S/C16H22N2O3/c1-16(2,3)21-15(19)18(4)10-12-11-8-9-17-13(11)6-7-14(12)20-5/h6-9,17H,10H2,1-5H3. The van der Waals surface area contributed by atoms with Gasteiger partial charge in [-0.1, -0.05) is 0 Å². The second-order valence-electron chi connectivity index (χ2n) is 6.02. The number of nitrogens with zero attached hydrogens (tertiary/aromatic N) is 1. The second-order valence-corrected chi connectivity index (χ2v) is 6.02. The monoisotopic (exact) mass is 290 g/mol. The van der Waals surface area contributed by atoms with Crippen molar-refractivity contribution in [3.8, 4) is 5.75 Å². The zero-order valence-corrected chi connectivity index (χ0v) is 13.2. The van der Waals surface area contributed by atoms with Crippen LogP contribution in [0.5, 0.6) is 5.75 Å². The minimum Gasteiger partial charge on any atom is -0.496 e. The molecule has 0 bridgehead atoms. The highest BCUT2D eigenvalue weighted by molar-refractivity contribution is 5.85. The van der Waals surface area contributed by atoms with E-state index in [1.165, 1.54) is 0 Å². The number of aromatic amines is 1. The molecule has 0 radical (unpaired) electrons. The Kier molecular flexibility index (Phi) is 4.11. The van der Waals surface area contributed by atoms with E-state index in [0.717, 1.165) is 22.2 Å². The van der Waals surface area contributed by atoms with Crippen LogP contribution in [0.2, 0.25) is 0 Å². The normalized spacial score (nSPS) is 11.5. The van der Waals surface area contributed by atoms with Crippen LogP contribution >= 0.6 is 0 Å². The number of hydrogen-bond donors (Lipinski definition) is 1. The maximum absolute atomic E-state index is 12.1. The Labute approximate surface area is 124 Å². The van der Waals surface area contributed by atoms with Crippen LogP contribution in [0.25, 0.3) is 10.9 Å². The average Bonchev–Trinajstić information content (AvgIpc) is 2.85. The molecule has 0 unspecified atom stereocenters. The fourth-order valence-corrected chi connectivity index (χ4v) is 2.17. The van der Waals surface area contributed by atoms with Crippen molar-refractivity contribution in [3.63, 3.8) is 0 Å². The number of fused-ring (bicyclic) bond motifs is 1. The van der Waals surface area contributed by atoms with E-state index in [1.54, 1.807) is 19.1 Å². The molecule has 0 aliphatic carbocycles. The van der Waals surface area contributed by atoms with Gasteiger partial charge in [-0.2, -0.15) is 0 Å². The van der Waals surface area contributed by atoms with Crippen molar-refractivity contribution >= 4 is 17.0 Å². The number of carbonyl (C=O) groups excluding carboxylic acids is 1. The summed E-state index contributed by atoms with van der Waals surface area (Å²) in [6.45, 7) is 5.98. The third-order valence-electron chi connectivity index (χ3n) is 3.12. The lowest BCUT2D eigenvalue weighted by Crippen LogP contribution is -2.33. The molecule has 0 aliphatic heterocycles. The van der Waals surface area contributed by atoms with Gasteiger partial charge in [0, 0.05) is 29.7 Å². The minimum absolute atomic E-state index is 0.350. The van der Waals surface area contributed by atoms with Crippen LogP contribution in [0, 0.1) is 0 Å². The summed E-state index contributed by atoms with van der Waals surface area (Å²) < 4.78 is 10.8. The number of nitrogens with one attached hydrogen (secondary N) is 1. The van der Waals surface area contributed by atoms with Gasteiger partial charge in [0.2, 0.25) is 0 Å². The van der Waals surface area contributed by atoms with Crippen LogP contribution in [0.1, 0.15) is 26.3 Å². The number of aromatic nitrogens is 1. The molecule has 1 aromatic heterocycles. The van der Waals surface area contributed by atoms with Gasteiger partial charge < -0.3 is 19.4 Å². The summed E-state index contributed by atoms with van der Waals surface area (Å²) in [5.41, 5.74) is 1.48. The van der Waals surface area contributed by atoms with Gasteiger partial charge in [0.05, 0.1) is 13.7 Å². The molecule has 5 nitrogen and oxygen atoms in total. The summed E-state index contributed by atoms with van der Waals surface area (Å²) >= 11 is 0. The third-order valence-corrected chi connectivity index (χ3v) is 3.12. The van der Waals surface area contributed by atoms with Gasteiger partial charge in [-0.05, 0) is 39.0 Å². The van der Waals surface area contributed by atoms with Gasteiger partial charge in [-0.25, -0.2) is 4.79 Å². The lowest BCUT2D eigenvalue weighted by molar-refractivity contribution is 0.0285. The van der Waals surface area contributed by atoms with Gasteiger partial charge in [-0.3, -0.25) is 0 Å². The maximum Gasteiger partial charge on any atom is 0.410 e. The molecule has 0 aliphatic rings. The van der Waals surface area contributed by atoms with Crippen molar-refractivity contribution in [3.05, 3.63) is 30.0 Å². The summed E-state index contributed by atoms with van der Waals surface area (Å²) in [5, 5.41) is 1.05. The van der Waals surface area contributed by atoms with Crippen molar-refractivity contribution in [2.45, 2.75) is 32.9 Å². The molecule has 2 aromatic rings. The topological polar surface area (TPSA) is 54.6 Å². The van der Waals surface area contributed by atoms with Gasteiger partial charge in [0.1, 0.15) is 11.4 Å². The molecule has 0 saturated heterocycles. The molecule has 0 fully saturated rings. The van der Waals surface area contributed by atoms with E-state index in [2.05, 4.69) is 4.98 Å². The predicted molar refractivity (Wildman–Crippen MR) is 82.6 cm³/mol. The molecule has 0 saturated carbocycles. The highest BCUT2D eigenvalue weighted by Crippen LogP contribution is 2.28. The Balaban J connectivity index is 2.26. The van der Waals surface area contributed by atoms with Crippen molar-refractivity contribution in [2.24, 2.45) is 0 Å². The van der Waals surface area contributed by atoms with E-state index in [0.29, 0.717) is 6.54 Å². The molecule has 114 valence electrons. The van der Waals surface area contributed by atoms with E-state index in [4.69, 9.17) is 9.47 Å². The fourth-order valence-electron chi connectivity index (χ4n) is 2.17. The molecular weight excluding hydrogens is 268 g/mol. The van der Waals surface area contributed by atoms with E-state index in [9.17, 15) is 4.79 Å². The first-order valence-corrected chi connectivity index (χ1v) is 6.89. The lowest BCUT2D eigenvalue weighted by atomic mass is 10.1. The predicted octanol–water partition coefficient (Wildman–Crippen LogP) is 3.54. The first-order valence-electron chi connectivity index (χ1n) is 6.89. The maximum atomic E-state index is 12.1. The van der Waals surface area contributed by atoms with Crippen LogP contribution in [0.15, 0.2) is 24.4 Å². The Bertz CT molecular complexity index is 640. The first kappa shape index (κ1) is 15.2. The molecule has 0 atom stereocenters. The number of methoxy groups -OCH3 is 1. The molecule has 1 amide bonds. The lowest BCUT2D eigenvalue weighted by Gasteiger charge is -2.25. The summed E-state index contributed by atoms with van der Waals surface area (Å²) in [4.78, 5) is 16.8. The van der Waals surface area contributed by atoms with Crippen molar-refractivity contribution in [1.29, 1.82) is 0 Å². The molecule has 1 heterocycles. The molecule has 1 N–H and O–H groups in total. The third kappa shape index (κ3) is 3.48. The van der Waals surface area contributed by atoms with Crippen LogP contribution < -0.4 is 4.74 Å². The molecule has 5 heteroatoms. The average molecular weight is 290 g/mol. The quantitative estimate of drug-likeness (QED) is 0.940. The van der Waals surface area contributed by atoms with Crippen LogP contribution in [-0.4, -0.2) is 35.7 Å². The second kappa shape index (κ2) is 5.68. The number of benzene rings is 1. The summed E-state index contributed by atoms with van der Waals surface area (Å²) in [5.74, 6) is 0.762. The zero-order chi connectivity index (χ0) is 15.6. The molecule has 21 heavy (non-hydrogen) atoms. The zero-order valence-electron chi connectivity index (χ0n) is 13.2. The summed E-state index contributed by atoms with van der Waals surface area (Å²) in [6.07, 6.45) is 1.53. The number of hydrogen-bond acceptors (Lipinski definition) is 3. The van der Waals surface area contributed by atoms with Gasteiger partial charge in [0.25, 0.3) is 0 Å². The van der Waals surface area contributed by atoms with Crippen LogP contribution in [0.4, 0.5) is 4.79 Å². The highest BCUT2D eigenvalue weighted by atomic mass is 16.6. The van der Waals surface area contributed by atoms with Crippen LogP contribution in [-0.2, 0) is 11.3 Å². The number of amides is 1. The first-order chi connectivity index (χ1) is 9.81. The Hall–Kier alpha value is -2.17. The SMILES string of the molecule is COc1ccc2[nH]ccc2c1CN(C)C(=O)OC(C)(C)C. The Morgan fingerprint density at radius 3 is 2.62 bits per heavy atom. The Morgan fingerprint density at radius 2 is 2.00 bits per heavy atom. The van der Waals surface area contributed by atoms with E-state index < -0.39 is 5.60 Å². The number of H-pyrrole nitrogens is 1. The molecule has 2 rings (SSSR count). The van der Waals surface area contributed by atoms with E-state index in [1.807, 2.05) is 45.2 Å². The Morgan fingerprint density at radius 1 is 1.29 bits per heavy atom. The largest absolute Gasteiger partial charge is 0.496 e. The fraction of sp³-hybridized carbons (Fsp3) is 0.438. The van der Waals surface area contributed by atoms with E-state index >= 15 is 0 Å². The smallest absolute Gasteiger partial charge is 0.410 e. The van der Waals surface area contributed by atoms with Gasteiger partial charge in [0.15, 0.2) is 0 Å². The van der Waals surface area contributed by atoms with Gasteiger partial charge in [-0.15, -0.1) is 0 Å². The van der Waals surface area contributed by atoms with Crippen molar-refractivity contribution in [1.82, 2.24) is 9.88 Å². The summed E-state index contributed by atoms with van der Waals surface area (Å²) in [7, 11) is 3.35. The van der Waals surface area contributed by atoms with E-state index in [-0.39, 0.29) is 6.09 Å². The van der Waals surface area contributed by atoms with Crippen LogP contribution in [0.3, 0.4) is 0 Å². The number of rotatable bonds is 3.